The largest absolute Gasteiger partial charge is 0.393 e. The van der Waals surface area contributed by atoms with Gasteiger partial charge in [-0.05, 0) is 31.0 Å². The quantitative estimate of drug-likeness (QED) is 0.506. The number of carbonyl (C=O) groups excluding carboxylic acids is 1. The van der Waals surface area contributed by atoms with E-state index in [0.29, 0.717) is 13.1 Å². The molecule has 1 aliphatic rings. The standard InChI is InChI=1S/C18H20N4O3/c19-17-15(9-4-10-16(17)22(24)25)18(23)21-11-5-8-14(12-21)20-13-6-2-1-3-7-13/h1-4,6-7,9-10,14,20H,5,8,11-12,19H2/t14-/m0/s1. The van der Waals surface area contributed by atoms with E-state index >= 15 is 0 Å². The molecular formula is C18H20N4O3. The molecule has 1 atom stereocenters. The van der Waals surface area contributed by atoms with E-state index in [1.807, 2.05) is 30.3 Å². The van der Waals surface area contributed by atoms with Crippen molar-refractivity contribution < 1.29 is 9.72 Å². The molecule has 3 rings (SSSR count). The van der Waals surface area contributed by atoms with Crippen molar-refractivity contribution in [2.24, 2.45) is 0 Å². The summed E-state index contributed by atoms with van der Waals surface area (Å²) in [5.41, 5.74) is 6.74. The van der Waals surface area contributed by atoms with Crippen LogP contribution in [0.15, 0.2) is 48.5 Å². The number of piperidine rings is 1. The van der Waals surface area contributed by atoms with E-state index in [0.717, 1.165) is 18.5 Å². The number of nitrogens with two attached hydrogens (primary N) is 1. The lowest BCUT2D eigenvalue weighted by Gasteiger charge is -2.34. The second-order valence-electron chi connectivity index (χ2n) is 6.10. The molecule has 3 N–H and O–H groups in total. The van der Waals surface area contributed by atoms with Gasteiger partial charge in [0.05, 0.1) is 10.5 Å². The average molecular weight is 340 g/mol. The van der Waals surface area contributed by atoms with Crippen molar-refractivity contribution in [3.8, 4) is 0 Å². The monoisotopic (exact) mass is 340 g/mol. The van der Waals surface area contributed by atoms with Crippen molar-refractivity contribution >= 4 is 23.0 Å². The number of nitrogens with one attached hydrogen (secondary N) is 1. The van der Waals surface area contributed by atoms with Gasteiger partial charge < -0.3 is 16.0 Å². The van der Waals surface area contributed by atoms with Crippen molar-refractivity contribution in [3.63, 3.8) is 0 Å². The second kappa shape index (κ2) is 7.21. The van der Waals surface area contributed by atoms with Crippen molar-refractivity contribution in [3.05, 3.63) is 64.2 Å². The number of nitrogen functional groups attached to an aromatic ring is 1. The van der Waals surface area contributed by atoms with Crippen LogP contribution in [-0.4, -0.2) is 34.9 Å². The molecule has 1 fully saturated rings. The number of likely N-dealkylation sites (tertiary alicyclic amines) is 1. The number of amides is 1. The van der Waals surface area contributed by atoms with E-state index in [9.17, 15) is 14.9 Å². The summed E-state index contributed by atoms with van der Waals surface area (Å²) in [4.78, 5) is 24.9. The molecule has 1 saturated heterocycles. The maximum Gasteiger partial charge on any atom is 0.292 e. The summed E-state index contributed by atoms with van der Waals surface area (Å²) in [6.07, 6.45) is 1.83. The number of para-hydroxylation sites is 2. The molecule has 0 aliphatic carbocycles. The van der Waals surface area contributed by atoms with Gasteiger partial charge in [0.1, 0.15) is 5.69 Å². The van der Waals surface area contributed by atoms with Crippen molar-refractivity contribution in [2.75, 3.05) is 24.1 Å². The van der Waals surface area contributed by atoms with Crippen LogP contribution in [0.4, 0.5) is 17.1 Å². The summed E-state index contributed by atoms with van der Waals surface area (Å²) in [5.74, 6) is -0.263. The van der Waals surface area contributed by atoms with Crippen LogP contribution >= 0.6 is 0 Å². The van der Waals surface area contributed by atoms with Gasteiger partial charge in [0, 0.05) is 30.9 Å². The third-order valence-corrected chi connectivity index (χ3v) is 4.36. The van der Waals surface area contributed by atoms with Crippen molar-refractivity contribution in [2.45, 2.75) is 18.9 Å². The fraction of sp³-hybridized carbons (Fsp3) is 0.278. The Balaban J connectivity index is 1.74. The molecule has 1 amide bonds. The predicted octanol–water partition coefficient (Wildman–Crippen LogP) is 2.89. The van der Waals surface area contributed by atoms with Gasteiger partial charge in [0.2, 0.25) is 0 Å². The summed E-state index contributed by atoms with van der Waals surface area (Å²) >= 11 is 0. The number of carbonyl (C=O) groups is 1. The van der Waals surface area contributed by atoms with Crippen molar-refractivity contribution in [1.29, 1.82) is 0 Å². The minimum Gasteiger partial charge on any atom is -0.393 e. The number of nitro groups is 1. The molecule has 130 valence electrons. The molecule has 7 nitrogen and oxygen atoms in total. The Hall–Kier alpha value is -3.09. The SMILES string of the molecule is Nc1c(C(=O)N2CCC[C@H](Nc3ccccc3)C2)cccc1[N+](=O)[O-]. The Labute approximate surface area is 145 Å². The van der Waals surface area contributed by atoms with Crippen LogP contribution in [0.2, 0.25) is 0 Å². The molecule has 7 heteroatoms. The molecule has 2 aromatic rings. The summed E-state index contributed by atoms with van der Waals surface area (Å²) in [7, 11) is 0. The van der Waals surface area contributed by atoms with E-state index in [4.69, 9.17) is 5.73 Å². The normalized spacial score (nSPS) is 17.1. The van der Waals surface area contributed by atoms with Crippen LogP contribution in [0.5, 0.6) is 0 Å². The van der Waals surface area contributed by atoms with Crippen LogP contribution in [0.3, 0.4) is 0 Å². The zero-order chi connectivity index (χ0) is 17.8. The lowest BCUT2D eigenvalue weighted by Crippen LogP contribution is -2.45. The maximum atomic E-state index is 12.8. The molecule has 0 spiro atoms. The molecule has 0 bridgehead atoms. The van der Waals surface area contributed by atoms with Gasteiger partial charge in [-0.25, -0.2) is 0 Å². The number of nitro benzene ring substituents is 1. The fourth-order valence-corrected chi connectivity index (χ4v) is 3.12. The first kappa shape index (κ1) is 16.8. The third-order valence-electron chi connectivity index (χ3n) is 4.36. The number of hydrogen-bond acceptors (Lipinski definition) is 5. The van der Waals surface area contributed by atoms with E-state index in [-0.39, 0.29) is 28.9 Å². The van der Waals surface area contributed by atoms with E-state index in [1.54, 1.807) is 11.0 Å². The van der Waals surface area contributed by atoms with Gasteiger partial charge in [-0.1, -0.05) is 24.3 Å². The van der Waals surface area contributed by atoms with Gasteiger partial charge in [0.25, 0.3) is 11.6 Å². The van der Waals surface area contributed by atoms with Crippen LogP contribution in [-0.2, 0) is 0 Å². The Morgan fingerprint density at radius 2 is 1.96 bits per heavy atom. The van der Waals surface area contributed by atoms with Gasteiger partial charge >= 0.3 is 0 Å². The highest BCUT2D eigenvalue weighted by molar-refractivity contribution is 6.01. The molecule has 2 aromatic carbocycles. The molecule has 1 aliphatic heterocycles. The first-order valence-electron chi connectivity index (χ1n) is 8.20. The zero-order valence-corrected chi connectivity index (χ0v) is 13.7. The summed E-state index contributed by atoms with van der Waals surface area (Å²) in [6, 6.07) is 14.3. The second-order valence-corrected chi connectivity index (χ2v) is 6.10. The van der Waals surface area contributed by atoms with Gasteiger partial charge in [-0.15, -0.1) is 0 Å². The molecule has 0 aromatic heterocycles. The Kier molecular flexibility index (Phi) is 4.83. The van der Waals surface area contributed by atoms with Crippen LogP contribution in [0.25, 0.3) is 0 Å². The van der Waals surface area contributed by atoms with E-state index in [1.165, 1.54) is 12.1 Å². The number of nitrogens with zero attached hydrogens (tertiary/aromatic N) is 2. The van der Waals surface area contributed by atoms with Crippen LogP contribution < -0.4 is 11.1 Å². The molecular weight excluding hydrogens is 320 g/mol. The minimum atomic E-state index is -0.567. The van der Waals surface area contributed by atoms with E-state index < -0.39 is 4.92 Å². The third kappa shape index (κ3) is 3.71. The first-order valence-corrected chi connectivity index (χ1v) is 8.20. The lowest BCUT2D eigenvalue weighted by molar-refractivity contribution is -0.383. The lowest BCUT2D eigenvalue weighted by atomic mass is 10.0. The number of anilines is 2. The van der Waals surface area contributed by atoms with Gasteiger partial charge in [-0.2, -0.15) is 0 Å². The highest BCUT2D eigenvalue weighted by Gasteiger charge is 2.27. The Morgan fingerprint density at radius 1 is 1.20 bits per heavy atom. The summed E-state index contributed by atoms with van der Waals surface area (Å²) in [5, 5.41) is 14.4. The smallest absolute Gasteiger partial charge is 0.292 e. The number of hydrogen-bond donors (Lipinski definition) is 2. The first-order chi connectivity index (χ1) is 12.1. The van der Waals surface area contributed by atoms with Crippen molar-refractivity contribution in [1.82, 2.24) is 4.90 Å². The molecule has 0 unspecified atom stereocenters. The number of rotatable bonds is 4. The molecule has 1 heterocycles. The topological polar surface area (TPSA) is 102 Å². The average Bonchev–Trinajstić information content (AvgIpc) is 2.62. The minimum absolute atomic E-state index is 0.0735. The van der Waals surface area contributed by atoms with Crippen LogP contribution in [0, 0.1) is 10.1 Å². The predicted molar refractivity (Wildman–Crippen MR) is 96.5 cm³/mol. The summed E-state index contributed by atoms with van der Waals surface area (Å²) in [6.45, 7) is 1.16. The Bertz CT molecular complexity index is 779. The fourth-order valence-electron chi connectivity index (χ4n) is 3.12. The van der Waals surface area contributed by atoms with Crippen LogP contribution in [0.1, 0.15) is 23.2 Å². The van der Waals surface area contributed by atoms with Gasteiger partial charge in [-0.3, -0.25) is 14.9 Å². The zero-order valence-electron chi connectivity index (χ0n) is 13.7. The number of benzene rings is 2. The highest BCUT2D eigenvalue weighted by atomic mass is 16.6. The Morgan fingerprint density at radius 3 is 2.68 bits per heavy atom. The molecule has 0 saturated carbocycles. The maximum absolute atomic E-state index is 12.8. The van der Waals surface area contributed by atoms with Gasteiger partial charge in [0.15, 0.2) is 0 Å². The molecule has 25 heavy (non-hydrogen) atoms. The highest BCUT2D eigenvalue weighted by Crippen LogP contribution is 2.27. The van der Waals surface area contributed by atoms with E-state index in [2.05, 4.69) is 5.32 Å². The molecule has 0 radical (unpaired) electrons. The summed E-state index contributed by atoms with van der Waals surface area (Å²) < 4.78 is 0.